The summed E-state index contributed by atoms with van der Waals surface area (Å²) in [4.78, 5) is 16.9. The molecule has 0 radical (unpaired) electrons. The van der Waals surface area contributed by atoms with E-state index in [9.17, 15) is 22.0 Å². The lowest BCUT2D eigenvalue weighted by atomic mass is 10.2. The van der Waals surface area contributed by atoms with Crippen LogP contribution in [0.5, 0.6) is 0 Å². The molecule has 0 spiro atoms. The Bertz CT molecular complexity index is 1190. The summed E-state index contributed by atoms with van der Waals surface area (Å²) in [6.07, 6.45) is 1.38. The number of hydrogen-bond acceptors (Lipinski definition) is 5. The molecule has 154 valence electrons. The number of amides is 1. The maximum absolute atomic E-state index is 13.4. The van der Waals surface area contributed by atoms with E-state index >= 15 is 0 Å². The number of aliphatic hydroxyl groups is 1. The summed E-state index contributed by atoms with van der Waals surface area (Å²) >= 11 is 0. The van der Waals surface area contributed by atoms with Gasteiger partial charge in [0.15, 0.2) is 16.7 Å². The van der Waals surface area contributed by atoms with Crippen molar-refractivity contribution in [1.82, 2.24) is 14.3 Å². The highest BCUT2D eigenvalue weighted by Crippen LogP contribution is 2.28. The standard InChI is InChI=1S/C18H18F2N4O4S/c1-10(9-25)23-29(27,28)18-15-12(4-3-7-21-15)16(24(18)2)17(26)22-11-5-6-13(19)14(20)8-11/h3-8,10,23,25H,9H2,1-2H3,(H,22,26). The van der Waals surface area contributed by atoms with Crippen LogP contribution in [0.2, 0.25) is 0 Å². The van der Waals surface area contributed by atoms with Gasteiger partial charge in [0.1, 0.15) is 11.2 Å². The number of carbonyl (C=O) groups is 1. The monoisotopic (exact) mass is 424 g/mol. The van der Waals surface area contributed by atoms with Crippen molar-refractivity contribution in [1.29, 1.82) is 0 Å². The first-order valence-corrected chi connectivity index (χ1v) is 9.97. The van der Waals surface area contributed by atoms with E-state index in [0.717, 1.165) is 16.7 Å². The van der Waals surface area contributed by atoms with Crippen LogP contribution in [-0.4, -0.2) is 41.6 Å². The van der Waals surface area contributed by atoms with Crippen molar-refractivity contribution in [3.05, 3.63) is 53.9 Å². The van der Waals surface area contributed by atoms with Gasteiger partial charge in [-0.2, -0.15) is 0 Å². The fourth-order valence-electron chi connectivity index (χ4n) is 2.91. The molecule has 3 N–H and O–H groups in total. The Balaban J connectivity index is 2.10. The predicted molar refractivity (Wildman–Crippen MR) is 102 cm³/mol. The van der Waals surface area contributed by atoms with E-state index in [1.165, 1.54) is 38.4 Å². The molecule has 1 amide bonds. The number of aromatic nitrogens is 2. The van der Waals surface area contributed by atoms with Crippen molar-refractivity contribution in [2.45, 2.75) is 18.0 Å². The molecule has 1 atom stereocenters. The third-order valence-electron chi connectivity index (χ3n) is 4.18. The van der Waals surface area contributed by atoms with Gasteiger partial charge in [0.05, 0.1) is 6.61 Å². The number of fused-ring (bicyclic) bond motifs is 1. The number of rotatable bonds is 6. The third kappa shape index (κ3) is 3.97. The van der Waals surface area contributed by atoms with E-state index in [-0.39, 0.29) is 27.3 Å². The van der Waals surface area contributed by atoms with Crippen LogP contribution in [0.15, 0.2) is 41.6 Å². The molecule has 2 aromatic heterocycles. The van der Waals surface area contributed by atoms with Crippen LogP contribution in [0.3, 0.4) is 0 Å². The van der Waals surface area contributed by atoms with Crippen LogP contribution in [0.25, 0.3) is 10.9 Å². The van der Waals surface area contributed by atoms with Crippen LogP contribution in [0.4, 0.5) is 14.5 Å². The van der Waals surface area contributed by atoms with Crippen molar-refractivity contribution in [3.63, 3.8) is 0 Å². The lowest BCUT2D eigenvalue weighted by Gasteiger charge is -2.13. The Morgan fingerprint density at radius 3 is 2.66 bits per heavy atom. The Labute approximate surface area is 165 Å². The van der Waals surface area contributed by atoms with Crippen molar-refractivity contribution in [2.24, 2.45) is 7.05 Å². The Hall–Kier alpha value is -2.89. The van der Waals surface area contributed by atoms with Crippen molar-refractivity contribution >= 4 is 32.5 Å². The maximum atomic E-state index is 13.4. The quantitative estimate of drug-likeness (QED) is 0.558. The highest BCUT2D eigenvalue weighted by molar-refractivity contribution is 7.89. The molecule has 0 aliphatic rings. The number of carbonyl (C=O) groups excluding carboxylic acids is 1. The molecule has 0 aliphatic carbocycles. The fourth-order valence-corrected chi connectivity index (χ4v) is 4.50. The predicted octanol–water partition coefficient (Wildman–Crippen LogP) is 1.76. The first-order valence-electron chi connectivity index (χ1n) is 8.48. The first-order chi connectivity index (χ1) is 13.7. The van der Waals surface area contributed by atoms with E-state index in [1.54, 1.807) is 0 Å². The maximum Gasteiger partial charge on any atom is 0.273 e. The smallest absolute Gasteiger partial charge is 0.273 e. The largest absolute Gasteiger partial charge is 0.395 e. The van der Waals surface area contributed by atoms with Crippen LogP contribution in [-0.2, 0) is 17.1 Å². The zero-order valence-electron chi connectivity index (χ0n) is 15.5. The summed E-state index contributed by atoms with van der Waals surface area (Å²) in [5.74, 6) is -2.92. The molecule has 0 saturated heterocycles. The minimum absolute atomic E-state index is 0.00331. The molecule has 29 heavy (non-hydrogen) atoms. The lowest BCUT2D eigenvalue weighted by molar-refractivity contribution is 0.102. The highest BCUT2D eigenvalue weighted by Gasteiger charge is 2.30. The second-order valence-electron chi connectivity index (χ2n) is 6.40. The molecular formula is C18H18F2N4O4S. The van der Waals surface area contributed by atoms with E-state index in [0.29, 0.717) is 0 Å². The summed E-state index contributed by atoms with van der Waals surface area (Å²) in [6.45, 7) is 1.06. The van der Waals surface area contributed by atoms with Crippen molar-refractivity contribution < 1.29 is 27.1 Å². The summed E-state index contributed by atoms with van der Waals surface area (Å²) in [6, 6.07) is 5.17. The van der Waals surface area contributed by atoms with Crippen LogP contribution in [0.1, 0.15) is 17.4 Å². The van der Waals surface area contributed by atoms with Crippen LogP contribution < -0.4 is 10.0 Å². The molecule has 3 aromatic rings. The van der Waals surface area contributed by atoms with Gasteiger partial charge in [0.25, 0.3) is 15.9 Å². The molecule has 11 heteroatoms. The summed E-state index contributed by atoms with van der Waals surface area (Å²) in [5, 5.41) is 11.6. The number of sulfonamides is 1. The Morgan fingerprint density at radius 2 is 2.00 bits per heavy atom. The second kappa shape index (κ2) is 7.85. The number of aliphatic hydroxyl groups excluding tert-OH is 1. The molecule has 0 bridgehead atoms. The third-order valence-corrected chi connectivity index (χ3v) is 5.87. The molecule has 0 aliphatic heterocycles. The minimum Gasteiger partial charge on any atom is -0.395 e. The molecule has 1 aromatic carbocycles. The SMILES string of the molecule is CC(CO)NS(=O)(=O)c1c2ncccc2c(C(=O)Nc2ccc(F)c(F)c2)n1C. The molecule has 2 heterocycles. The number of hydrogen-bond donors (Lipinski definition) is 3. The first kappa shape index (κ1) is 20.8. The van der Waals surface area contributed by atoms with E-state index < -0.39 is 40.2 Å². The van der Waals surface area contributed by atoms with E-state index in [4.69, 9.17) is 5.11 Å². The van der Waals surface area contributed by atoms with Gasteiger partial charge in [-0.3, -0.25) is 9.78 Å². The minimum atomic E-state index is -4.13. The van der Waals surface area contributed by atoms with Crippen molar-refractivity contribution in [3.8, 4) is 0 Å². The molecule has 0 saturated carbocycles. The summed E-state index contributed by atoms with van der Waals surface area (Å²) in [5.41, 5.74) is 0.0292. The summed E-state index contributed by atoms with van der Waals surface area (Å²) < 4.78 is 55.6. The number of nitrogens with zero attached hydrogens (tertiary/aromatic N) is 2. The number of nitrogens with one attached hydrogen (secondary N) is 2. The zero-order chi connectivity index (χ0) is 21.3. The number of pyridine rings is 1. The lowest BCUT2D eigenvalue weighted by Crippen LogP contribution is -2.36. The number of anilines is 1. The van der Waals surface area contributed by atoms with Crippen molar-refractivity contribution in [2.75, 3.05) is 11.9 Å². The van der Waals surface area contributed by atoms with Gasteiger partial charge in [-0.15, -0.1) is 0 Å². The molecule has 1 unspecified atom stereocenters. The molecule has 8 nitrogen and oxygen atoms in total. The average Bonchev–Trinajstić information content (AvgIpc) is 2.96. The van der Waals surface area contributed by atoms with Gasteiger partial charge >= 0.3 is 0 Å². The topological polar surface area (TPSA) is 113 Å². The van der Waals surface area contributed by atoms with Gasteiger partial charge in [0, 0.05) is 36.4 Å². The number of benzene rings is 1. The van der Waals surface area contributed by atoms with Crippen LogP contribution in [0, 0.1) is 11.6 Å². The van der Waals surface area contributed by atoms with Gasteiger partial charge in [-0.1, -0.05) is 0 Å². The zero-order valence-corrected chi connectivity index (χ0v) is 16.3. The molecular weight excluding hydrogens is 406 g/mol. The molecule has 0 fully saturated rings. The number of halogens is 2. The second-order valence-corrected chi connectivity index (χ2v) is 8.03. The normalized spacial score (nSPS) is 12.9. The Kier molecular flexibility index (Phi) is 5.64. The van der Waals surface area contributed by atoms with E-state index in [1.807, 2.05) is 0 Å². The van der Waals surface area contributed by atoms with E-state index in [2.05, 4.69) is 15.0 Å². The average molecular weight is 424 g/mol. The fraction of sp³-hybridized carbons (Fsp3) is 0.222. The summed E-state index contributed by atoms with van der Waals surface area (Å²) in [7, 11) is -2.75. The van der Waals surface area contributed by atoms with Crippen LogP contribution >= 0.6 is 0 Å². The van der Waals surface area contributed by atoms with Gasteiger partial charge in [0.2, 0.25) is 0 Å². The Morgan fingerprint density at radius 1 is 1.28 bits per heavy atom. The van der Waals surface area contributed by atoms with Gasteiger partial charge in [-0.25, -0.2) is 21.9 Å². The highest BCUT2D eigenvalue weighted by atomic mass is 32.2. The molecule has 3 rings (SSSR count). The van der Waals surface area contributed by atoms with Gasteiger partial charge < -0.3 is 15.0 Å². The van der Waals surface area contributed by atoms with Gasteiger partial charge in [-0.05, 0) is 31.2 Å².